The highest BCUT2D eigenvalue weighted by Gasteiger charge is 2.16. The normalized spacial score (nSPS) is 14.4. The molecule has 0 unspecified atom stereocenters. The summed E-state index contributed by atoms with van der Waals surface area (Å²) in [5.41, 5.74) is 1.35. The first-order valence-corrected chi connectivity index (χ1v) is 6.87. The van der Waals surface area contributed by atoms with Gasteiger partial charge in [0.25, 0.3) is 0 Å². The smallest absolute Gasteiger partial charge is 0.138 e. The van der Waals surface area contributed by atoms with Crippen molar-refractivity contribution in [3.05, 3.63) is 53.4 Å². The Bertz CT molecular complexity index is 699. The Morgan fingerprint density at radius 2 is 2.24 bits per heavy atom. The standard InChI is InChI=1S/C16H16FN3O/c17-15-4-3-13(10-14(15)2-1-9-21)11-19-7-8-20-6-5-18-16(20)12-19/h3-6,10,21H,7-9,11-12H2. The first-order valence-electron chi connectivity index (χ1n) is 6.87. The maximum absolute atomic E-state index is 13.6. The molecule has 1 N–H and O–H groups in total. The van der Waals surface area contributed by atoms with Crippen molar-refractivity contribution in [2.45, 2.75) is 19.6 Å². The first kappa shape index (κ1) is 13.8. The molecule has 1 aliphatic heterocycles. The summed E-state index contributed by atoms with van der Waals surface area (Å²) >= 11 is 0. The lowest BCUT2D eigenvalue weighted by Crippen LogP contribution is -2.33. The van der Waals surface area contributed by atoms with Gasteiger partial charge in [-0.3, -0.25) is 4.90 Å². The zero-order valence-corrected chi connectivity index (χ0v) is 11.6. The molecule has 0 spiro atoms. The summed E-state index contributed by atoms with van der Waals surface area (Å²) in [4.78, 5) is 6.61. The third-order valence-corrected chi connectivity index (χ3v) is 3.56. The largest absolute Gasteiger partial charge is 0.384 e. The minimum atomic E-state index is -0.353. The second-order valence-corrected chi connectivity index (χ2v) is 5.02. The van der Waals surface area contributed by atoms with E-state index in [-0.39, 0.29) is 12.4 Å². The van der Waals surface area contributed by atoms with E-state index >= 15 is 0 Å². The van der Waals surface area contributed by atoms with Gasteiger partial charge in [0.05, 0.1) is 12.1 Å². The molecule has 0 saturated heterocycles. The topological polar surface area (TPSA) is 41.3 Å². The van der Waals surface area contributed by atoms with E-state index in [0.717, 1.165) is 37.6 Å². The van der Waals surface area contributed by atoms with Gasteiger partial charge in [-0.1, -0.05) is 17.9 Å². The Morgan fingerprint density at radius 3 is 3.10 bits per heavy atom. The van der Waals surface area contributed by atoms with E-state index in [9.17, 15) is 4.39 Å². The van der Waals surface area contributed by atoms with Crippen LogP contribution in [0.15, 0.2) is 30.6 Å². The molecule has 108 valence electrons. The number of aliphatic hydroxyl groups excluding tert-OH is 1. The van der Waals surface area contributed by atoms with E-state index in [1.165, 1.54) is 6.07 Å². The van der Waals surface area contributed by atoms with Crippen LogP contribution in [0.25, 0.3) is 0 Å². The van der Waals surface area contributed by atoms with Gasteiger partial charge in [0, 0.05) is 32.0 Å². The van der Waals surface area contributed by atoms with Crippen LogP contribution in [0.1, 0.15) is 17.0 Å². The van der Waals surface area contributed by atoms with E-state index in [4.69, 9.17) is 5.11 Å². The number of aromatic nitrogens is 2. The van der Waals surface area contributed by atoms with Crippen molar-refractivity contribution in [1.82, 2.24) is 14.5 Å². The minimum absolute atomic E-state index is 0.265. The highest BCUT2D eigenvalue weighted by molar-refractivity contribution is 5.38. The lowest BCUT2D eigenvalue weighted by molar-refractivity contribution is 0.209. The second kappa shape index (κ2) is 6.08. The lowest BCUT2D eigenvalue weighted by Gasteiger charge is -2.27. The van der Waals surface area contributed by atoms with Crippen LogP contribution in [0.4, 0.5) is 4.39 Å². The summed E-state index contributed by atoms with van der Waals surface area (Å²) in [5.74, 6) is 5.83. The maximum atomic E-state index is 13.6. The van der Waals surface area contributed by atoms with Crippen molar-refractivity contribution >= 4 is 0 Å². The van der Waals surface area contributed by atoms with Crippen molar-refractivity contribution in [2.24, 2.45) is 0 Å². The van der Waals surface area contributed by atoms with Crippen LogP contribution in [0, 0.1) is 17.7 Å². The number of fused-ring (bicyclic) bond motifs is 1. The molecule has 0 fully saturated rings. The van der Waals surface area contributed by atoms with Gasteiger partial charge in [-0.2, -0.15) is 0 Å². The average molecular weight is 285 g/mol. The Morgan fingerprint density at radius 1 is 1.33 bits per heavy atom. The summed E-state index contributed by atoms with van der Waals surface area (Å²) < 4.78 is 15.8. The van der Waals surface area contributed by atoms with Gasteiger partial charge in [-0.05, 0) is 17.7 Å². The van der Waals surface area contributed by atoms with Crippen molar-refractivity contribution in [3.8, 4) is 11.8 Å². The molecule has 1 aromatic carbocycles. The van der Waals surface area contributed by atoms with Crippen LogP contribution < -0.4 is 0 Å². The van der Waals surface area contributed by atoms with Gasteiger partial charge < -0.3 is 9.67 Å². The molecular weight excluding hydrogens is 269 g/mol. The highest BCUT2D eigenvalue weighted by Crippen LogP contribution is 2.16. The van der Waals surface area contributed by atoms with Gasteiger partial charge in [-0.15, -0.1) is 0 Å². The van der Waals surface area contributed by atoms with Crippen LogP contribution in [0.5, 0.6) is 0 Å². The fourth-order valence-corrected chi connectivity index (χ4v) is 2.52. The van der Waals surface area contributed by atoms with Crippen molar-refractivity contribution in [1.29, 1.82) is 0 Å². The molecule has 0 atom stereocenters. The molecule has 2 aromatic rings. The van der Waals surface area contributed by atoms with Crippen molar-refractivity contribution < 1.29 is 9.50 Å². The molecule has 21 heavy (non-hydrogen) atoms. The molecule has 2 heterocycles. The average Bonchev–Trinajstić information content (AvgIpc) is 2.95. The zero-order valence-electron chi connectivity index (χ0n) is 11.6. The number of hydrogen-bond acceptors (Lipinski definition) is 3. The molecule has 0 saturated carbocycles. The number of nitrogens with zero attached hydrogens (tertiary/aromatic N) is 3. The van der Waals surface area contributed by atoms with E-state index in [2.05, 4.69) is 26.3 Å². The third kappa shape index (κ3) is 3.13. The number of halogens is 1. The van der Waals surface area contributed by atoms with Gasteiger partial charge >= 0.3 is 0 Å². The Kier molecular flexibility index (Phi) is 4.00. The highest BCUT2D eigenvalue weighted by atomic mass is 19.1. The molecule has 4 nitrogen and oxygen atoms in total. The van der Waals surface area contributed by atoms with E-state index < -0.39 is 0 Å². The van der Waals surface area contributed by atoms with Crippen molar-refractivity contribution in [2.75, 3.05) is 13.2 Å². The maximum Gasteiger partial charge on any atom is 0.138 e. The molecule has 0 radical (unpaired) electrons. The van der Waals surface area contributed by atoms with Crippen LogP contribution in [0.2, 0.25) is 0 Å². The summed E-state index contributed by atoms with van der Waals surface area (Å²) in [7, 11) is 0. The summed E-state index contributed by atoms with van der Waals surface area (Å²) in [5, 5.41) is 8.71. The molecule has 1 aromatic heterocycles. The van der Waals surface area contributed by atoms with Crippen LogP contribution in [0.3, 0.4) is 0 Å². The molecule has 3 rings (SSSR count). The fraction of sp³-hybridized carbons (Fsp3) is 0.312. The molecule has 0 bridgehead atoms. The molecule has 1 aliphatic rings. The third-order valence-electron chi connectivity index (χ3n) is 3.56. The van der Waals surface area contributed by atoms with Gasteiger partial charge in [-0.25, -0.2) is 9.37 Å². The fourth-order valence-electron chi connectivity index (χ4n) is 2.52. The number of rotatable bonds is 2. The summed E-state index contributed by atoms with van der Waals surface area (Å²) in [6.07, 6.45) is 3.81. The van der Waals surface area contributed by atoms with Crippen molar-refractivity contribution in [3.63, 3.8) is 0 Å². The Balaban J connectivity index is 1.74. The van der Waals surface area contributed by atoms with E-state index in [1.807, 2.05) is 12.4 Å². The minimum Gasteiger partial charge on any atom is -0.384 e. The SMILES string of the molecule is OCC#Cc1cc(CN2CCn3ccnc3C2)ccc1F. The monoisotopic (exact) mass is 285 g/mol. The second-order valence-electron chi connectivity index (χ2n) is 5.02. The van der Waals surface area contributed by atoms with Crippen LogP contribution >= 0.6 is 0 Å². The Hall–Kier alpha value is -2.16. The van der Waals surface area contributed by atoms with Gasteiger partial charge in [0.15, 0.2) is 0 Å². The molecule has 0 amide bonds. The van der Waals surface area contributed by atoms with Gasteiger partial charge in [0.1, 0.15) is 18.2 Å². The predicted octanol–water partition coefficient (Wildman–Crippen LogP) is 1.38. The van der Waals surface area contributed by atoms with E-state index in [0.29, 0.717) is 5.56 Å². The van der Waals surface area contributed by atoms with E-state index in [1.54, 1.807) is 12.1 Å². The van der Waals surface area contributed by atoms with Crippen LogP contribution in [-0.4, -0.2) is 32.7 Å². The quantitative estimate of drug-likeness (QED) is 0.848. The van der Waals surface area contributed by atoms with Gasteiger partial charge in [0.2, 0.25) is 0 Å². The molecule has 0 aliphatic carbocycles. The number of aliphatic hydroxyl groups is 1. The lowest BCUT2D eigenvalue weighted by atomic mass is 10.1. The zero-order chi connectivity index (χ0) is 14.7. The first-order chi connectivity index (χ1) is 10.3. The van der Waals surface area contributed by atoms with Crippen LogP contribution in [-0.2, 0) is 19.6 Å². The summed E-state index contributed by atoms with van der Waals surface area (Å²) in [6.45, 7) is 3.13. The number of hydrogen-bond donors (Lipinski definition) is 1. The predicted molar refractivity (Wildman–Crippen MR) is 76.7 cm³/mol. The molecule has 5 heteroatoms. The molecular formula is C16H16FN3O. The number of imidazole rings is 1. The summed E-state index contributed by atoms with van der Waals surface area (Å²) in [6, 6.07) is 4.96. The Labute approximate surface area is 122 Å². The number of benzene rings is 1.